The van der Waals surface area contributed by atoms with Gasteiger partial charge in [0.1, 0.15) is 0 Å². The van der Waals surface area contributed by atoms with Gasteiger partial charge >= 0.3 is 0 Å². The van der Waals surface area contributed by atoms with Gasteiger partial charge in [0.25, 0.3) is 0 Å². The molecule has 0 radical (unpaired) electrons. The quantitative estimate of drug-likeness (QED) is 0.155. The van der Waals surface area contributed by atoms with E-state index in [1.807, 2.05) is 30.3 Å². The van der Waals surface area contributed by atoms with Crippen LogP contribution < -0.4 is 0 Å². The van der Waals surface area contributed by atoms with E-state index in [-0.39, 0.29) is 77.8 Å². The first-order valence-electron chi connectivity index (χ1n) is 10.0. The second kappa shape index (κ2) is 19.5. The fraction of sp³-hybridized carbons (Fsp3) is 0.206. The Bertz CT molecular complexity index is 971. The first-order chi connectivity index (χ1) is 13.1. The molecule has 0 N–H and O–H groups in total. The van der Waals surface area contributed by atoms with E-state index in [0.29, 0.717) is 5.41 Å². The van der Waals surface area contributed by atoms with Crippen LogP contribution in [0.4, 0.5) is 0 Å². The first-order valence-corrected chi connectivity index (χ1v) is 10.0. The van der Waals surface area contributed by atoms with Crippen LogP contribution in [0.1, 0.15) is 36.1 Å². The molecule has 198 valence electrons. The van der Waals surface area contributed by atoms with Crippen molar-refractivity contribution in [1.82, 2.24) is 0 Å². The van der Waals surface area contributed by atoms with E-state index in [0.717, 1.165) is 12.8 Å². The second-order valence-electron chi connectivity index (χ2n) is 8.53. The standard InChI is InChI=1S/C22H23.C5H5.7CH3.Hf/c1-22(2)14-19-12-18-11-10-17(21(18)13-20(19)15-22)9-8-16-6-4-3-5-7-16;1-2-4-5-3-1;;;;;;;;/h3-7,10-13H,8-9,14-15H2,1-2H3;1-5H;7*1H3;/q9*-1;. The van der Waals surface area contributed by atoms with Gasteiger partial charge < -0.3 is 52.0 Å². The fourth-order valence-electron chi connectivity index (χ4n) is 4.29. The van der Waals surface area contributed by atoms with Crippen molar-refractivity contribution in [3.05, 3.63) is 159 Å². The fourth-order valence-corrected chi connectivity index (χ4v) is 4.29. The molecule has 0 nitrogen and oxygen atoms in total. The molecule has 0 amide bonds. The molecule has 0 saturated carbocycles. The Morgan fingerprint density at radius 2 is 1.29 bits per heavy atom. The first kappa shape index (κ1) is 43.4. The number of benzene rings is 2. The Balaban J connectivity index is -0.000000209. The summed E-state index contributed by atoms with van der Waals surface area (Å²) in [4.78, 5) is 0. The number of rotatable bonds is 3. The third-order valence-corrected chi connectivity index (χ3v) is 5.60. The SMILES string of the molecule is CC1(C)Cc2cc3cc[c-](CCc4ccccc4)c3cc2C1.[CH3-].[CH3-].[CH3-].[CH3-].[CH3-].[CH3-].[CH3-].[Hf].c1cc[cH-]c1. The predicted molar refractivity (Wildman–Crippen MR) is 162 cm³/mol. The second-order valence-corrected chi connectivity index (χ2v) is 8.53. The zero-order chi connectivity index (χ0) is 18.7. The van der Waals surface area contributed by atoms with Gasteiger partial charge in [0.15, 0.2) is 0 Å². The van der Waals surface area contributed by atoms with Crippen molar-refractivity contribution in [1.29, 1.82) is 0 Å². The Kier molecular flexibility index (Phi) is 24.1. The molecule has 0 saturated heterocycles. The Morgan fingerprint density at radius 1 is 0.743 bits per heavy atom. The van der Waals surface area contributed by atoms with Gasteiger partial charge in [0, 0.05) is 25.8 Å². The van der Waals surface area contributed by atoms with Crippen molar-refractivity contribution < 1.29 is 25.8 Å². The molecule has 5 rings (SSSR count). The summed E-state index contributed by atoms with van der Waals surface area (Å²) in [6.07, 6.45) is 4.71. The molecule has 0 unspecified atom stereocenters. The molecular formula is C34H49Hf-9. The minimum absolute atomic E-state index is 0. The van der Waals surface area contributed by atoms with E-state index in [4.69, 9.17) is 0 Å². The minimum atomic E-state index is 0. The minimum Gasteiger partial charge on any atom is -0.358 e. The average molecular weight is 636 g/mol. The molecule has 0 spiro atoms. The summed E-state index contributed by atoms with van der Waals surface area (Å²) in [5.41, 5.74) is 6.51. The molecule has 1 heteroatoms. The summed E-state index contributed by atoms with van der Waals surface area (Å²) >= 11 is 0. The van der Waals surface area contributed by atoms with E-state index in [9.17, 15) is 0 Å². The predicted octanol–water partition coefficient (Wildman–Crippen LogP) is 10.0. The van der Waals surface area contributed by atoms with Crippen LogP contribution in [-0.2, 0) is 51.5 Å². The van der Waals surface area contributed by atoms with Crippen LogP contribution in [0.2, 0.25) is 0 Å². The van der Waals surface area contributed by atoms with Crippen LogP contribution in [0.25, 0.3) is 10.8 Å². The van der Waals surface area contributed by atoms with Crippen LogP contribution in [0, 0.1) is 57.4 Å². The maximum atomic E-state index is 2.47. The van der Waals surface area contributed by atoms with Gasteiger partial charge in [-0.2, -0.15) is 24.3 Å². The van der Waals surface area contributed by atoms with E-state index >= 15 is 0 Å². The Morgan fingerprint density at radius 3 is 1.80 bits per heavy atom. The molecule has 0 bridgehead atoms. The summed E-state index contributed by atoms with van der Waals surface area (Å²) in [7, 11) is 0. The third kappa shape index (κ3) is 11.2. The molecule has 0 fully saturated rings. The van der Waals surface area contributed by atoms with Crippen molar-refractivity contribution >= 4 is 10.8 Å². The van der Waals surface area contributed by atoms with E-state index in [2.05, 4.69) is 68.4 Å². The van der Waals surface area contributed by atoms with Gasteiger partial charge in [-0.1, -0.05) is 61.7 Å². The molecule has 1 aliphatic carbocycles. The molecule has 0 aromatic heterocycles. The zero-order valence-electron chi connectivity index (χ0n) is 23.9. The van der Waals surface area contributed by atoms with Crippen molar-refractivity contribution in [2.24, 2.45) is 5.41 Å². The molecular weight excluding hydrogens is 587 g/mol. The summed E-state index contributed by atoms with van der Waals surface area (Å²) < 4.78 is 0. The zero-order valence-corrected chi connectivity index (χ0v) is 27.5. The van der Waals surface area contributed by atoms with Gasteiger partial charge in [-0.3, -0.25) is 0 Å². The Hall–Kier alpha value is -1.73. The largest absolute Gasteiger partial charge is 0.358 e. The maximum absolute atomic E-state index is 2.47. The smallest absolute Gasteiger partial charge is 0 e. The van der Waals surface area contributed by atoms with Gasteiger partial charge in [-0.15, -0.1) is 34.5 Å². The molecule has 4 aromatic carbocycles. The van der Waals surface area contributed by atoms with Gasteiger partial charge in [-0.05, 0) is 30.2 Å². The monoisotopic (exact) mass is 637 g/mol. The summed E-state index contributed by atoms with van der Waals surface area (Å²) in [5, 5.41) is 2.91. The summed E-state index contributed by atoms with van der Waals surface area (Å²) in [6.45, 7) is 4.77. The van der Waals surface area contributed by atoms with Crippen LogP contribution in [-0.4, -0.2) is 0 Å². The average Bonchev–Trinajstić information content (AvgIpc) is 3.39. The normalized spacial score (nSPS) is 11.3. The molecule has 4 aromatic rings. The van der Waals surface area contributed by atoms with Gasteiger partial charge in [0.2, 0.25) is 0 Å². The molecule has 0 heterocycles. The van der Waals surface area contributed by atoms with E-state index < -0.39 is 0 Å². The number of aryl methyl sites for hydroxylation is 2. The molecule has 0 atom stereocenters. The van der Waals surface area contributed by atoms with Gasteiger partial charge in [0.05, 0.1) is 0 Å². The van der Waals surface area contributed by atoms with Crippen molar-refractivity contribution in [2.45, 2.75) is 39.5 Å². The van der Waals surface area contributed by atoms with Crippen molar-refractivity contribution in [3.8, 4) is 0 Å². The van der Waals surface area contributed by atoms with E-state index in [1.54, 1.807) is 11.1 Å². The topological polar surface area (TPSA) is 0 Å². The van der Waals surface area contributed by atoms with Crippen molar-refractivity contribution in [2.75, 3.05) is 0 Å². The van der Waals surface area contributed by atoms with Gasteiger partial charge in [-0.25, -0.2) is 12.1 Å². The molecule has 1 aliphatic rings. The summed E-state index contributed by atoms with van der Waals surface area (Å²) in [5.74, 6) is 0. The number of hydrogen-bond acceptors (Lipinski definition) is 0. The summed E-state index contributed by atoms with van der Waals surface area (Å²) in [6, 6.07) is 30.4. The third-order valence-electron chi connectivity index (χ3n) is 5.60. The Labute approximate surface area is 239 Å². The van der Waals surface area contributed by atoms with E-state index in [1.165, 1.54) is 34.7 Å². The molecule has 35 heavy (non-hydrogen) atoms. The van der Waals surface area contributed by atoms with Crippen LogP contribution in [0.15, 0.2) is 84.9 Å². The van der Waals surface area contributed by atoms with Crippen LogP contribution >= 0.6 is 0 Å². The van der Waals surface area contributed by atoms with Crippen LogP contribution in [0.3, 0.4) is 0 Å². The van der Waals surface area contributed by atoms with Crippen molar-refractivity contribution in [3.63, 3.8) is 0 Å². The number of hydrogen-bond donors (Lipinski definition) is 0. The van der Waals surface area contributed by atoms with Crippen LogP contribution in [0.5, 0.6) is 0 Å². The maximum Gasteiger partial charge on any atom is 0 e. The number of fused-ring (bicyclic) bond motifs is 2. The molecule has 0 aliphatic heterocycles.